The highest BCUT2D eigenvalue weighted by atomic mass is 32.2. The summed E-state index contributed by atoms with van der Waals surface area (Å²) in [5, 5.41) is 9.25. The number of aliphatic carboxylic acids is 1. The van der Waals surface area contributed by atoms with E-state index in [1.54, 1.807) is 0 Å². The highest BCUT2D eigenvalue weighted by Gasteiger charge is 2.50. The van der Waals surface area contributed by atoms with Crippen LogP contribution in [0, 0.1) is 5.41 Å². The van der Waals surface area contributed by atoms with E-state index in [-0.39, 0.29) is 11.5 Å². The van der Waals surface area contributed by atoms with Gasteiger partial charge in [0.05, 0.1) is 0 Å². The molecule has 4 heteroatoms. The van der Waals surface area contributed by atoms with Gasteiger partial charge in [0.15, 0.2) is 0 Å². The van der Waals surface area contributed by atoms with Gasteiger partial charge in [-0.25, -0.2) is 0 Å². The predicted molar refractivity (Wildman–Crippen MR) is 57.7 cm³/mol. The third kappa shape index (κ3) is 1.54. The van der Waals surface area contributed by atoms with Crippen LogP contribution in [0.2, 0.25) is 0 Å². The first-order chi connectivity index (χ1) is 6.66. The average molecular weight is 215 g/mol. The second-order valence-electron chi connectivity index (χ2n) is 4.45. The molecule has 2 rings (SSSR count). The van der Waals surface area contributed by atoms with Gasteiger partial charge in [-0.15, -0.1) is 0 Å². The van der Waals surface area contributed by atoms with Crippen LogP contribution in [0.15, 0.2) is 0 Å². The molecule has 2 aliphatic rings. The molecule has 3 nitrogen and oxygen atoms in total. The lowest BCUT2D eigenvalue weighted by atomic mass is 9.75. The zero-order valence-corrected chi connectivity index (χ0v) is 9.35. The molecule has 0 bridgehead atoms. The Labute approximate surface area is 88.9 Å². The fourth-order valence-electron chi connectivity index (χ4n) is 2.88. The van der Waals surface area contributed by atoms with Crippen molar-refractivity contribution in [3.8, 4) is 0 Å². The summed E-state index contributed by atoms with van der Waals surface area (Å²) < 4.78 is 0. The fourth-order valence-corrected chi connectivity index (χ4v) is 4.19. The van der Waals surface area contributed by atoms with Gasteiger partial charge in [-0.2, -0.15) is 11.8 Å². The number of likely N-dealkylation sites (N-methyl/N-ethyl adjacent to an activating group) is 1. The molecular weight excluding hydrogens is 198 g/mol. The van der Waals surface area contributed by atoms with E-state index in [2.05, 4.69) is 0 Å². The summed E-state index contributed by atoms with van der Waals surface area (Å²) in [4.78, 5) is 13.2. The molecule has 14 heavy (non-hydrogen) atoms. The van der Waals surface area contributed by atoms with Crippen molar-refractivity contribution in [3.63, 3.8) is 0 Å². The van der Waals surface area contributed by atoms with Gasteiger partial charge in [0.2, 0.25) is 0 Å². The largest absolute Gasteiger partial charge is 0.480 e. The van der Waals surface area contributed by atoms with Crippen LogP contribution < -0.4 is 0 Å². The van der Waals surface area contributed by atoms with E-state index in [9.17, 15) is 9.90 Å². The second kappa shape index (κ2) is 3.74. The Kier molecular flexibility index (Phi) is 2.75. The fraction of sp³-hybridized carbons (Fsp3) is 0.900. The molecule has 1 atom stereocenters. The molecule has 0 aromatic rings. The minimum absolute atomic E-state index is 0.0891. The monoisotopic (exact) mass is 215 g/mol. The van der Waals surface area contributed by atoms with Gasteiger partial charge in [-0.3, -0.25) is 9.69 Å². The number of rotatable bonds is 1. The van der Waals surface area contributed by atoms with Crippen LogP contribution in [0.1, 0.15) is 19.3 Å². The molecule has 2 aliphatic heterocycles. The Hall–Kier alpha value is -0.220. The molecule has 0 amide bonds. The number of thioether (sulfide) groups is 1. The van der Waals surface area contributed by atoms with Crippen LogP contribution >= 0.6 is 11.8 Å². The number of hydrogen-bond donors (Lipinski definition) is 1. The van der Waals surface area contributed by atoms with E-state index in [4.69, 9.17) is 0 Å². The molecule has 0 saturated carbocycles. The van der Waals surface area contributed by atoms with E-state index in [1.807, 2.05) is 23.7 Å². The first-order valence-electron chi connectivity index (χ1n) is 5.16. The maximum atomic E-state index is 11.2. The molecule has 0 aromatic heterocycles. The van der Waals surface area contributed by atoms with Gasteiger partial charge < -0.3 is 5.11 Å². The van der Waals surface area contributed by atoms with Crippen LogP contribution in [-0.2, 0) is 4.79 Å². The topological polar surface area (TPSA) is 40.5 Å². The summed E-state index contributed by atoms with van der Waals surface area (Å²) in [5.74, 6) is 1.65. The van der Waals surface area contributed by atoms with E-state index in [0.717, 1.165) is 37.3 Å². The zero-order chi connectivity index (χ0) is 10.2. The van der Waals surface area contributed by atoms with Gasteiger partial charge in [0.1, 0.15) is 6.04 Å². The number of carboxylic acid groups (broad SMARTS) is 1. The first-order valence-corrected chi connectivity index (χ1v) is 6.32. The standard InChI is InChI=1S/C10H17NO2S/c1-11-5-2-10(8(11)9(12)13)3-6-14-7-4-10/h8H,2-7H2,1H3,(H,12,13). The molecule has 0 radical (unpaired) electrons. The maximum Gasteiger partial charge on any atom is 0.321 e. The molecule has 1 spiro atoms. The summed E-state index contributed by atoms with van der Waals surface area (Å²) in [6.45, 7) is 0.946. The summed E-state index contributed by atoms with van der Waals surface area (Å²) in [5.41, 5.74) is 0.0891. The molecule has 0 aromatic carbocycles. The van der Waals surface area contributed by atoms with Crippen molar-refractivity contribution in [2.45, 2.75) is 25.3 Å². The third-order valence-electron chi connectivity index (χ3n) is 3.71. The van der Waals surface area contributed by atoms with E-state index in [0.29, 0.717) is 0 Å². The van der Waals surface area contributed by atoms with Crippen molar-refractivity contribution in [2.75, 3.05) is 25.1 Å². The van der Waals surface area contributed by atoms with Crippen LogP contribution in [0.4, 0.5) is 0 Å². The Bertz CT molecular complexity index is 233. The molecule has 0 aliphatic carbocycles. The summed E-state index contributed by atoms with van der Waals surface area (Å²) in [6, 6.07) is -0.233. The van der Waals surface area contributed by atoms with Crippen LogP contribution in [-0.4, -0.2) is 47.1 Å². The van der Waals surface area contributed by atoms with E-state index < -0.39 is 5.97 Å². The number of carbonyl (C=O) groups is 1. The Balaban J connectivity index is 2.20. The minimum Gasteiger partial charge on any atom is -0.480 e. The van der Waals surface area contributed by atoms with Gasteiger partial charge in [-0.05, 0) is 49.8 Å². The minimum atomic E-state index is -0.628. The number of hydrogen-bond acceptors (Lipinski definition) is 3. The Morgan fingerprint density at radius 2 is 2.07 bits per heavy atom. The number of likely N-dealkylation sites (tertiary alicyclic amines) is 1. The highest BCUT2D eigenvalue weighted by Crippen LogP contribution is 2.46. The quantitative estimate of drug-likeness (QED) is 0.715. The molecule has 1 N–H and O–H groups in total. The van der Waals surface area contributed by atoms with Crippen LogP contribution in [0.3, 0.4) is 0 Å². The molecule has 2 fully saturated rings. The summed E-state index contributed by atoms with van der Waals surface area (Å²) in [6.07, 6.45) is 3.24. The predicted octanol–water partition coefficient (Wildman–Crippen LogP) is 1.29. The number of nitrogens with zero attached hydrogens (tertiary/aromatic N) is 1. The Morgan fingerprint density at radius 3 is 2.64 bits per heavy atom. The number of carboxylic acids is 1. The normalized spacial score (nSPS) is 32.2. The van der Waals surface area contributed by atoms with Crippen molar-refractivity contribution in [3.05, 3.63) is 0 Å². The lowest BCUT2D eigenvalue weighted by molar-refractivity contribution is -0.145. The molecule has 1 unspecified atom stereocenters. The summed E-state index contributed by atoms with van der Waals surface area (Å²) in [7, 11) is 1.94. The average Bonchev–Trinajstić information content (AvgIpc) is 2.45. The van der Waals surface area contributed by atoms with Crippen molar-refractivity contribution >= 4 is 17.7 Å². The molecule has 2 heterocycles. The van der Waals surface area contributed by atoms with Crippen LogP contribution in [0.25, 0.3) is 0 Å². The maximum absolute atomic E-state index is 11.2. The first kappa shape index (κ1) is 10.3. The third-order valence-corrected chi connectivity index (χ3v) is 4.69. The lowest BCUT2D eigenvalue weighted by Crippen LogP contribution is -2.45. The van der Waals surface area contributed by atoms with Crippen molar-refractivity contribution in [1.29, 1.82) is 0 Å². The van der Waals surface area contributed by atoms with E-state index in [1.165, 1.54) is 0 Å². The SMILES string of the molecule is CN1CCC2(CCSCC2)C1C(=O)O. The zero-order valence-electron chi connectivity index (χ0n) is 8.53. The molecule has 2 saturated heterocycles. The highest BCUT2D eigenvalue weighted by molar-refractivity contribution is 7.99. The lowest BCUT2D eigenvalue weighted by Gasteiger charge is -2.37. The van der Waals surface area contributed by atoms with Gasteiger partial charge in [-0.1, -0.05) is 0 Å². The van der Waals surface area contributed by atoms with E-state index >= 15 is 0 Å². The van der Waals surface area contributed by atoms with Gasteiger partial charge in [0.25, 0.3) is 0 Å². The van der Waals surface area contributed by atoms with Crippen molar-refractivity contribution in [2.24, 2.45) is 5.41 Å². The van der Waals surface area contributed by atoms with Gasteiger partial charge in [0, 0.05) is 0 Å². The van der Waals surface area contributed by atoms with Crippen LogP contribution in [0.5, 0.6) is 0 Å². The molecule has 80 valence electrons. The van der Waals surface area contributed by atoms with Crippen molar-refractivity contribution in [1.82, 2.24) is 4.90 Å². The second-order valence-corrected chi connectivity index (χ2v) is 5.67. The smallest absolute Gasteiger partial charge is 0.321 e. The summed E-state index contributed by atoms with van der Waals surface area (Å²) >= 11 is 1.96. The Morgan fingerprint density at radius 1 is 1.43 bits per heavy atom. The van der Waals surface area contributed by atoms with Crippen molar-refractivity contribution < 1.29 is 9.90 Å². The molecular formula is C10H17NO2S. The van der Waals surface area contributed by atoms with Gasteiger partial charge >= 0.3 is 5.97 Å².